The number of benzene rings is 3. The van der Waals surface area contributed by atoms with E-state index in [1.807, 2.05) is 25.1 Å². The molecule has 0 unspecified atom stereocenters. The van der Waals surface area contributed by atoms with Crippen LogP contribution in [0.3, 0.4) is 0 Å². The van der Waals surface area contributed by atoms with E-state index >= 15 is 0 Å². The van der Waals surface area contributed by atoms with Crippen LogP contribution in [0.5, 0.6) is 0 Å². The number of halogens is 2. The lowest BCUT2D eigenvalue weighted by atomic mass is 10.1. The van der Waals surface area contributed by atoms with Crippen LogP contribution in [0.25, 0.3) is 0 Å². The standard InChI is InChI=1S/C27H26ClFN8O2S/c1-36(2)11-12-37-27(33-34-35-37)40-17-19-6-3-7-20(13-19)25(38)31-24-10-9-21(28)15-23(24)26(39)32-30-16-18-5-4-8-22(29)14-18/h3-10,13-16H,11-12,17H2,1-2H3,(H,31,38)(H,32,39)/b30-16+. The maximum absolute atomic E-state index is 13.4. The quantitative estimate of drug-likeness (QED) is 0.154. The molecule has 0 spiro atoms. The smallest absolute Gasteiger partial charge is 0.273 e. The highest BCUT2D eigenvalue weighted by Crippen LogP contribution is 2.23. The number of aromatic nitrogens is 4. The summed E-state index contributed by atoms with van der Waals surface area (Å²) in [4.78, 5) is 28.0. The molecular formula is C27H26ClFN8O2S. The minimum absolute atomic E-state index is 0.119. The molecule has 0 fully saturated rings. The van der Waals surface area contributed by atoms with Crippen molar-refractivity contribution in [3.8, 4) is 0 Å². The monoisotopic (exact) mass is 580 g/mol. The predicted octanol–water partition coefficient (Wildman–Crippen LogP) is 4.34. The van der Waals surface area contributed by atoms with Crippen LogP contribution < -0.4 is 10.7 Å². The highest BCUT2D eigenvalue weighted by Gasteiger charge is 2.16. The van der Waals surface area contributed by atoms with Crippen molar-refractivity contribution in [3.05, 3.63) is 99.8 Å². The van der Waals surface area contributed by atoms with Gasteiger partial charge in [-0.3, -0.25) is 9.59 Å². The van der Waals surface area contributed by atoms with Gasteiger partial charge in [0.1, 0.15) is 5.82 Å². The van der Waals surface area contributed by atoms with E-state index < -0.39 is 17.6 Å². The fraction of sp³-hybridized carbons (Fsp3) is 0.185. The summed E-state index contributed by atoms with van der Waals surface area (Å²) >= 11 is 7.59. The Labute approximate surface area is 239 Å². The van der Waals surface area contributed by atoms with Crippen molar-refractivity contribution in [2.75, 3.05) is 26.0 Å². The second kappa shape index (κ2) is 13.8. The first-order chi connectivity index (χ1) is 19.3. The normalized spacial score (nSPS) is 11.2. The third-order valence-electron chi connectivity index (χ3n) is 5.52. The van der Waals surface area contributed by atoms with Gasteiger partial charge in [-0.2, -0.15) is 5.10 Å². The van der Waals surface area contributed by atoms with E-state index in [9.17, 15) is 14.0 Å². The molecule has 40 heavy (non-hydrogen) atoms. The SMILES string of the molecule is CN(C)CCn1nnnc1SCc1cccc(C(=O)Nc2ccc(Cl)cc2C(=O)N/N=C/c2cccc(F)c2)c1. The van der Waals surface area contributed by atoms with Crippen LogP contribution in [0.2, 0.25) is 5.02 Å². The third-order valence-corrected chi connectivity index (χ3v) is 6.78. The van der Waals surface area contributed by atoms with Gasteiger partial charge in [0.05, 0.1) is 24.0 Å². The van der Waals surface area contributed by atoms with E-state index in [2.05, 4.69) is 31.4 Å². The van der Waals surface area contributed by atoms with Crippen LogP contribution in [0.15, 0.2) is 77.0 Å². The molecule has 0 aliphatic heterocycles. The number of amides is 2. The lowest BCUT2D eigenvalue weighted by Crippen LogP contribution is -2.21. The summed E-state index contributed by atoms with van der Waals surface area (Å²) in [5.41, 5.74) is 4.55. The summed E-state index contributed by atoms with van der Waals surface area (Å²) in [5.74, 6) is -0.857. The largest absolute Gasteiger partial charge is 0.321 e. The number of nitrogens with one attached hydrogen (secondary N) is 2. The number of hydrazone groups is 1. The molecule has 2 N–H and O–H groups in total. The number of hydrogen-bond donors (Lipinski definition) is 2. The first-order valence-corrected chi connectivity index (χ1v) is 13.5. The first-order valence-electron chi connectivity index (χ1n) is 12.1. The summed E-state index contributed by atoms with van der Waals surface area (Å²) in [6.07, 6.45) is 1.31. The highest BCUT2D eigenvalue weighted by molar-refractivity contribution is 7.98. The maximum Gasteiger partial charge on any atom is 0.273 e. The van der Waals surface area contributed by atoms with Crippen molar-refractivity contribution in [2.45, 2.75) is 17.5 Å². The molecule has 0 aliphatic rings. The molecule has 0 bridgehead atoms. The van der Waals surface area contributed by atoms with Crippen molar-refractivity contribution < 1.29 is 14.0 Å². The van der Waals surface area contributed by atoms with E-state index in [-0.39, 0.29) is 11.3 Å². The zero-order valence-corrected chi connectivity index (χ0v) is 23.3. The summed E-state index contributed by atoms with van der Waals surface area (Å²) in [6, 6.07) is 17.5. The molecular weight excluding hydrogens is 555 g/mol. The Morgan fingerprint density at radius 3 is 2.73 bits per heavy atom. The van der Waals surface area contributed by atoms with Crippen LogP contribution in [-0.4, -0.2) is 63.8 Å². The van der Waals surface area contributed by atoms with Gasteiger partial charge in [0, 0.05) is 22.9 Å². The topological polar surface area (TPSA) is 117 Å². The van der Waals surface area contributed by atoms with E-state index in [0.29, 0.717) is 33.6 Å². The summed E-state index contributed by atoms with van der Waals surface area (Å²) in [7, 11) is 3.97. The van der Waals surface area contributed by atoms with Gasteiger partial charge in [-0.25, -0.2) is 14.5 Å². The fourth-order valence-corrected chi connectivity index (χ4v) is 4.52. The van der Waals surface area contributed by atoms with Crippen LogP contribution in [-0.2, 0) is 12.3 Å². The molecule has 0 radical (unpaired) electrons. The first kappa shape index (κ1) is 28.9. The zero-order valence-electron chi connectivity index (χ0n) is 21.7. The number of thioether (sulfide) groups is 1. The van der Waals surface area contributed by atoms with Crippen molar-refractivity contribution >= 4 is 47.1 Å². The Morgan fingerprint density at radius 2 is 1.93 bits per heavy atom. The molecule has 1 aromatic heterocycles. The predicted molar refractivity (Wildman–Crippen MR) is 153 cm³/mol. The van der Waals surface area contributed by atoms with Crippen LogP contribution in [0.1, 0.15) is 31.8 Å². The van der Waals surface area contributed by atoms with Gasteiger partial charge in [0.2, 0.25) is 5.16 Å². The fourth-order valence-electron chi connectivity index (χ4n) is 3.51. The number of rotatable bonds is 11. The molecule has 206 valence electrons. The summed E-state index contributed by atoms with van der Waals surface area (Å²) in [6.45, 7) is 1.47. The van der Waals surface area contributed by atoms with Gasteiger partial charge < -0.3 is 10.2 Å². The molecule has 0 atom stereocenters. The summed E-state index contributed by atoms with van der Waals surface area (Å²) in [5, 5.41) is 19.5. The Hall–Kier alpha value is -4.13. The Morgan fingerprint density at radius 1 is 1.10 bits per heavy atom. The number of carbonyl (C=O) groups is 2. The minimum atomic E-state index is -0.595. The van der Waals surface area contributed by atoms with E-state index in [0.717, 1.165) is 12.1 Å². The van der Waals surface area contributed by atoms with Gasteiger partial charge in [0.25, 0.3) is 11.8 Å². The van der Waals surface area contributed by atoms with Gasteiger partial charge in [0.15, 0.2) is 0 Å². The zero-order chi connectivity index (χ0) is 28.5. The Balaban J connectivity index is 1.41. The summed E-state index contributed by atoms with van der Waals surface area (Å²) < 4.78 is 15.1. The molecule has 4 aromatic rings. The number of nitrogens with zero attached hydrogens (tertiary/aromatic N) is 6. The Bertz CT molecular complexity index is 1530. The van der Waals surface area contributed by atoms with Crippen LogP contribution in [0.4, 0.5) is 10.1 Å². The number of likely N-dealkylation sites (N-methyl/N-ethyl adjacent to an activating group) is 1. The lowest BCUT2D eigenvalue weighted by molar-refractivity contribution is 0.0956. The van der Waals surface area contributed by atoms with E-state index in [4.69, 9.17) is 11.6 Å². The highest BCUT2D eigenvalue weighted by atomic mass is 35.5. The van der Waals surface area contributed by atoms with E-state index in [1.54, 1.807) is 41.1 Å². The van der Waals surface area contributed by atoms with Crippen LogP contribution in [0, 0.1) is 5.82 Å². The molecule has 1 heterocycles. The number of anilines is 1. The van der Waals surface area contributed by atoms with Gasteiger partial charge >= 0.3 is 0 Å². The van der Waals surface area contributed by atoms with Crippen LogP contribution >= 0.6 is 23.4 Å². The van der Waals surface area contributed by atoms with Crippen molar-refractivity contribution in [3.63, 3.8) is 0 Å². The number of carbonyl (C=O) groups excluding carboxylic acids is 2. The number of hydrogen-bond acceptors (Lipinski definition) is 8. The van der Waals surface area contributed by atoms with Crippen molar-refractivity contribution in [2.24, 2.45) is 5.10 Å². The molecule has 13 heteroatoms. The third kappa shape index (κ3) is 8.18. The van der Waals surface area contributed by atoms with E-state index in [1.165, 1.54) is 42.2 Å². The minimum Gasteiger partial charge on any atom is -0.321 e. The number of tetrazole rings is 1. The molecule has 3 aromatic carbocycles. The van der Waals surface area contributed by atoms with Crippen molar-refractivity contribution in [1.29, 1.82) is 0 Å². The maximum atomic E-state index is 13.4. The van der Waals surface area contributed by atoms with Gasteiger partial charge in [-0.05, 0) is 78.1 Å². The molecule has 4 rings (SSSR count). The second-order valence-corrected chi connectivity index (χ2v) is 10.3. The van der Waals surface area contributed by atoms with Crippen molar-refractivity contribution in [1.82, 2.24) is 30.5 Å². The van der Waals surface area contributed by atoms with Gasteiger partial charge in [-0.1, -0.05) is 47.6 Å². The molecule has 0 saturated carbocycles. The second-order valence-electron chi connectivity index (χ2n) is 8.88. The average Bonchev–Trinajstić information content (AvgIpc) is 3.39. The van der Waals surface area contributed by atoms with Gasteiger partial charge in [-0.15, -0.1) is 5.10 Å². The lowest BCUT2D eigenvalue weighted by Gasteiger charge is -2.12. The molecule has 0 saturated heterocycles. The molecule has 10 nitrogen and oxygen atoms in total. The Kier molecular flexibility index (Phi) is 9.95. The average molecular weight is 581 g/mol. The molecule has 2 amide bonds. The molecule has 0 aliphatic carbocycles.